The molecule has 0 radical (unpaired) electrons. The Morgan fingerprint density at radius 2 is 1.69 bits per heavy atom. The van der Waals surface area contributed by atoms with Crippen molar-refractivity contribution in [1.29, 1.82) is 0 Å². The first kappa shape index (κ1) is 23.1. The molecule has 3 rings (SSSR count). The van der Waals surface area contributed by atoms with Gasteiger partial charge in [0.25, 0.3) is 5.91 Å². The highest BCUT2D eigenvalue weighted by Gasteiger charge is 2.17. The van der Waals surface area contributed by atoms with Gasteiger partial charge in [0.1, 0.15) is 23.7 Å². The summed E-state index contributed by atoms with van der Waals surface area (Å²) < 4.78 is 12.5. The number of nitrogens with zero attached hydrogens (tertiary/aromatic N) is 4. The number of aromatic nitrogens is 3. The second-order valence-electron chi connectivity index (χ2n) is 8.55. The van der Waals surface area contributed by atoms with E-state index >= 15 is 0 Å². The highest BCUT2D eigenvalue weighted by Crippen LogP contribution is 2.21. The first-order valence-electron chi connectivity index (χ1n) is 10.3. The summed E-state index contributed by atoms with van der Waals surface area (Å²) in [5, 5.41) is 7.26. The van der Waals surface area contributed by atoms with Crippen LogP contribution in [0.15, 0.2) is 48.5 Å². The number of nitrogen functional groups attached to an aromatic ring is 1. The molecule has 0 atom stereocenters. The molecule has 0 bridgehead atoms. The van der Waals surface area contributed by atoms with Gasteiger partial charge in [-0.2, -0.15) is 9.67 Å². The van der Waals surface area contributed by atoms with E-state index in [0.29, 0.717) is 17.9 Å². The predicted octanol–water partition coefficient (Wildman–Crippen LogP) is 3.41. The summed E-state index contributed by atoms with van der Waals surface area (Å²) in [6.07, 6.45) is 0. The van der Waals surface area contributed by atoms with Crippen molar-refractivity contribution in [3.05, 3.63) is 54.1 Å². The lowest BCUT2D eigenvalue weighted by molar-refractivity contribution is 0.0948. The number of anilines is 3. The lowest BCUT2D eigenvalue weighted by Crippen LogP contribution is -2.23. The van der Waals surface area contributed by atoms with Crippen LogP contribution in [-0.2, 0) is 0 Å². The quantitative estimate of drug-likeness (QED) is 0.551. The molecule has 0 saturated carbocycles. The van der Waals surface area contributed by atoms with E-state index in [9.17, 15) is 4.79 Å². The molecule has 0 saturated heterocycles. The maximum atomic E-state index is 12.8. The first-order chi connectivity index (χ1) is 15.1. The van der Waals surface area contributed by atoms with Crippen LogP contribution < -0.4 is 20.5 Å². The smallest absolute Gasteiger partial charge is 0.281 e. The predicted molar refractivity (Wildman–Crippen MR) is 125 cm³/mol. The minimum atomic E-state index is -0.380. The summed E-state index contributed by atoms with van der Waals surface area (Å²) in [6.45, 7) is 7.32. The topological polar surface area (TPSA) is 108 Å². The average molecular weight is 439 g/mol. The Balaban J connectivity index is 1.65. The molecule has 0 amide bonds. The van der Waals surface area contributed by atoms with E-state index in [2.05, 4.69) is 20.3 Å². The van der Waals surface area contributed by atoms with E-state index in [0.717, 1.165) is 22.7 Å². The fourth-order valence-electron chi connectivity index (χ4n) is 2.78. The molecule has 0 aliphatic carbocycles. The van der Waals surface area contributed by atoms with Gasteiger partial charge in [-0.25, -0.2) is 0 Å². The summed E-state index contributed by atoms with van der Waals surface area (Å²) in [4.78, 5) is 19.0. The van der Waals surface area contributed by atoms with Crippen molar-refractivity contribution >= 4 is 23.5 Å². The molecule has 1 aromatic heterocycles. The number of rotatable bonds is 8. The van der Waals surface area contributed by atoms with Crippen LogP contribution in [0.3, 0.4) is 0 Å². The van der Waals surface area contributed by atoms with E-state index in [1.165, 1.54) is 0 Å². The van der Waals surface area contributed by atoms with Crippen LogP contribution in [-0.4, -0.2) is 58.4 Å². The van der Waals surface area contributed by atoms with Gasteiger partial charge in [-0.15, -0.1) is 5.10 Å². The molecule has 0 spiro atoms. The van der Waals surface area contributed by atoms with Crippen LogP contribution in [0, 0.1) is 0 Å². The zero-order valence-corrected chi connectivity index (χ0v) is 19.1. The Bertz CT molecular complexity index is 1040. The third kappa shape index (κ3) is 6.45. The number of hydrogen-bond acceptors (Lipinski definition) is 8. The third-order valence-electron chi connectivity index (χ3n) is 4.27. The highest BCUT2D eigenvalue weighted by molar-refractivity contribution is 5.97. The largest absolute Gasteiger partial charge is 0.492 e. The third-order valence-corrected chi connectivity index (χ3v) is 4.27. The number of ether oxygens (including phenoxy) is 2. The molecule has 3 aromatic rings. The number of nitrogens with two attached hydrogens (primary N) is 1. The molecule has 0 aliphatic rings. The molecule has 0 aliphatic heterocycles. The normalized spacial score (nSPS) is 11.4. The number of nitrogens with one attached hydrogen (secondary N) is 1. The highest BCUT2D eigenvalue weighted by atomic mass is 16.5. The van der Waals surface area contributed by atoms with Crippen molar-refractivity contribution in [3.63, 3.8) is 0 Å². The standard InChI is InChI=1S/C23H30N6O3/c1-23(2,3)32-19-10-6-16(7-11-19)20(30)29-21(24)26-22(27-29)25-17-8-12-18(13-9-17)31-15-14-28(4)5/h6-13H,14-15H2,1-5H3,(H3,24,25,26,27). The lowest BCUT2D eigenvalue weighted by Gasteiger charge is -2.21. The Hall–Kier alpha value is -3.59. The minimum Gasteiger partial charge on any atom is -0.492 e. The Kier molecular flexibility index (Phi) is 6.99. The second-order valence-corrected chi connectivity index (χ2v) is 8.55. The maximum Gasteiger partial charge on any atom is 0.281 e. The molecule has 3 N–H and O–H groups in total. The van der Waals surface area contributed by atoms with E-state index < -0.39 is 0 Å². The van der Waals surface area contributed by atoms with Gasteiger partial charge in [0.2, 0.25) is 11.9 Å². The van der Waals surface area contributed by atoms with Gasteiger partial charge in [-0.1, -0.05) is 0 Å². The van der Waals surface area contributed by atoms with Gasteiger partial charge in [-0.3, -0.25) is 4.79 Å². The number of likely N-dealkylation sites (N-methyl/N-ethyl adjacent to an activating group) is 1. The summed E-state index contributed by atoms with van der Waals surface area (Å²) in [5.74, 6) is 1.29. The van der Waals surface area contributed by atoms with Gasteiger partial charge in [-0.05, 0) is 83.4 Å². The molecule has 0 unspecified atom stereocenters. The molecule has 1 heterocycles. The SMILES string of the molecule is CN(C)CCOc1ccc(Nc2nc(N)n(C(=O)c3ccc(OC(C)(C)C)cc3)n2)cc1. The Labute approximate surface area is 188 Å². The number of carbonyl (C=O) groups excluding carboxylic acids is 1. The number of benzene rings is 2. The van der Waals surface area contributed by atoms with Gasteiger partial charge in [0, 0.05) is 17.8 Å². The minimum absolute atomic E-state index is 0.00356. The molecule has 0 fully saturated rings. The maximum absolute atomic E-state index is 12.8. The monoisotopic (exact) mass is 438 g/mol. The van der Waals surface area contributed by atoms with Gasteiger partial charge < -0.3 is 25.4 Å². The average Bonchev–Trinajstić information content (AvgIpc) is 3.08. The van der Waals surface area contributed by atoms with Crippen molar-refractivity contribution in [3.8, 4) is 11.5 Å². The van der Waals surface area contributed by atoms with Crippen LogP contribution in [0.4, 0.5) is 17.6 Å². The van der Waals surface area contributed by atoms with Crippen LogP contribution in [0.2, 0.25) is 0 Å². The first-order valence-corrected chi connectivity index (χ1v) is 10.3. The molecule has 9 nitrogen and oxygen atoms in total. The molecule has 9 heteroatoms. The van der Waals surface area contributed by atoms with Crippen molar-refractivity contribution in [2.75, 3.05) is 38.3 Å². The van der Waals surface area contributed by atoms with Crippen LogP contribution in [0.5, 0.6) is 11.5 Å². The fourth-order valence-corrected chi connectivity index (χ4v) is 2.78. The Morgan fingerprint density at radius 3 is 2.28 bits per heavy atom. The van der Waals surface area contributed by atoms with Crippen LogP contribution in [0.1, 0.15) is 31.1 Å². The van der Waals surface area contributed by atoms with Crippen molar-refractivity contribution in [2.24, 2.45) is 0 Å². The summed E-state index contributed by atoms with van der Waals surface area (Å²) >= 11 is 0. The van der Waals surface area contributed by atoms with Crippen molar-refractivity contribution < 1.29 is 14.3 Å². The molecular weight excluding hydrogens is 408 g/mol. The van der Waals surface area contributed by atoms with E-state index in [1.54, 1.807) is 24.3 Å². The fraction of sp³-hybridized carbons (Fsp3) is 0.348. The van der Waals surface area contributed by atoms with Crippen LogP contribution in [0.25, 0.3) is 0 Å². The van der Waals surface area contributed by atoms with Gasteiger partial charge in [0.05, 0.1) is 0 Å². The van der Waals surface area contributed by atoms with Crippen LogP contribution >= 0.6 is 0 Å². The molecule has 2 aromatic carbocycles. The van der Waals surface area contributed by atoms with Gasteiger partial charge >= 0.3 is 0 Å². The lowest BCUT2D eigenvalue weighted by atomic mass is 10.1. The number of carbonyl (C=O) groups is 1. The van der Waals surface area contributed by atoms with Crippen molar-refractivity contribution in [1.82, 2.24) is 19.7 Å². The molecule has 32 heavy (non-hydrogen) atoms. The molecule has 170 valence electrons. The number of hydrogen-bond donors (Lipinski definition) is 2. The summed E-state index contributed by atoms with van der Waals surface area (Å²) in [6, 6.07) is 14.2. The zero-order valence-electron chi connectivity index (χ0n) is 19.1. The van der Waals surface area contributed by atoms with E-state index in [4.69, 9.17) is 15.2 Å². The summed E-state index contributed by atoms with van der Waals surface area (Å²) in [5.41, 5.74) is 6.78. The van der Waals surface area contributed by atoms with Crippen molar-refractivity contribution in [2.45, 2.75) is 26.4 Å². The van der Waals surface area contributed by atoms with E-state index in [1.807, 2.05) is 59.1 Å². The zero-order chi connectivity index (χ0) is 23.3. The van der Waals surface area contributed by atoms with Gasteiger partial charge in [0.15, 0.2) is 0 Å². The summed E-state index contributed by atoms with van der Waals surface area (Å²) in [7, 11) is 3.99. The Morgan fingerprint density at radius 1 is 1.06 bits per heavy atom. The molecular formula is C23H30N6O3. The second kappa shape index (κ2) is 9.69. The van der Waals surface area contributed by atoms with E-state index in [-0.39, 0.29) is 23.4 Å².